The molecule has 0 aromatic heterocycles. The van der Waals surface area contributed by atoms with Gasteiger partial charge in [-0.1, -0.05) is 12.2 Å². The highest BCUT2D eigenvalue weighted by Gasteiger charge is 2.52. The molecule has 2 aliphatic heterocycles. The summed E-state index contributed by atoms with van der Waals surface area (Å²) in [4.78, 5) is 40.1. The Kier molecular flexibility index (Phi) is 2.91. The summed E-state index contributed by atoms with van der Waals surface area (Å²) in [7, 11) is 0. The molecule has 0 spiro atoms. The minimum Gasteiger partial charge on any atom is -0.338 e. The fourth-order valence-corrected chi connectivity index (χ4v) is 3.71. The van der Waals surface area contributed by atoms with E-state index in [1.54, 1.807) is 4.90 Å². The molecule has 1 saturated carbocycles. The summed E-state index contributed by atoms with van der Waals surface area (Å²) < 4.78 is 0. The topological polar surface area (TPSA) is 57.7 Å². The molecule has 3 fully saturated rings. The van der Waals surface area contributed by atoms with Gasteiger partial charge in [0.05, 0.1) is 17.9 Å². The standard InChI is InChI=1S/C16H20N2O3/c19-14(7-10-5-6-10)17-8-11(9-17)18-15(20)12-3-1-2-4-13(12)16(18)21/h1-2,10-13H,3-9H2. The van der Waals surface area contributed by atoms with Crippen LogP contribution in [0.3, 0.4) is 0 Å². The van der Waals surface area contributed by atoms with Crippen molar-refractivity contribution in [2.24, 2.45) is 17.8 Å². The molecule has 5 nitrogen and oxygen atoms in total. The third-order valence-electron chi connectivity index (χ3n) is 5.28. The second kappa shape index (κ2) is 4.68. The van der Waals surface area contributed by atoms with E-state index < -0.39 is 0 Å². The SMILES string of the molecule is O=C(CC1CC1)N1CC(N2C(=O)C3CC=CCC3C2=O)C1. The Morgan fingerprint density at radius 3 is 2.14 bits per heavy atom. The summed E-state index contributed by atoms with van der Waals surface area (Å²) in [5, 5.41) is 0. The molecule has 0 radical (unpaired) electrons. The van der Waals surface area contributed by atoms with Crippen molar-refractivity contribution in [3.8, 4) is 0 Å². The van der Waals surface area contributed by atoms with Crippen LogP contribution < -0.4 is 0 Å². The van der Waals surface area contributed by atoms with E-state index in [2.05, 4.69) is 0 Å². The van der Waals surface area contributed by atoms with Crippen molar-refractivity contribution in [2.45, 2.75) is 38.1 Å². The highest BCUT2D eigenvalue weighted by molar-refractivity contribution is 6.06. The van der Waals surface area contributed by atoms with Crippen LogP contribution in [0.15, 0.2) is 12.2 Å². The predicted octanol–water partition coefficient (Wildman–Crippen LogP) is 0.949. The number of carbonyl (C=O) groups is 3. The van der Waals surface area contributed by atoms with Crippen LogP contribution in [0.25, 0.3) is 0 Å². The maximum Gasteiger partial charge on any atom is 0.233 e. The fraction of sp³-hybridized carbons (Fsp3) is 0.688. The van der Waals surface area contributed by atoms with Gasteiger partial charge in [-0.3, -0.25) is 19.3 Å². The van der Waals surface area contributed by atoms with Crippen LogP contribution in [0.1, 0.15) is 32.1 Å². The number of allylic oxidation sites excluding steroid dienone is 2. The van der Waals surface area contributed by atoms with Gasteiger partial charge in [-0.15, -0.1) is 0 Å². The van der Waals surface area contributed by atoms with Gasteiger partial charge in [0, 0.05) is 19.5 Å². The molecule has 0 N–H and O–H groups in total. The number of imide groups is 1. The van der Waals surface area contributed by atoms with Crippen molar-refractivity contribution in [2.75, 3.05) is 13.1 Å². The summed E-state index contributed by atoms with van der Waals surface area (Å²) in [5.41, 5.74) is 0. The van der Waals surface area contributed by atoms with Crippen LogP contribution in [0, 0.1) is 17.8 Å². The first-order valence-electron chi connectivity index (χ1n) is 7.95. The van der Waals surface area contributed by atoms with Gasteiger partial charge in [-0.25, -0.2) is 0 Å². The average molecular weight is 288 g/mol. The molecular formula is C16H20N2O3. The van der Waals surface area contributed by atoms with E-state index in [1.807, 2.05) is 12.2 Å². The van der Waals surface area contributed by atoms with E-state index in [0.29, 0.717) is 38.3 Å². The zero-order valence-corrected chi connectivity index (χ0v) is 12.0. The molecule has 5 heteroatoms. The highest BCUT2D eigenvalue weighted by atomic mass is 16.2. The van der Waals surface area contributed by atoms with Gasteiger partial charge in [-0.05, 0) is 31.6 Å². The Labute approximate surface area is 124 Å². The molecule has 2 atom stereocenters. The van der Waals surface area contributed by atoms with Crippen molar-refractivity contribution in [1.82, 2.24) is 9.80 Å². The zero-order valence-electron chi connectivity index (χ0n) is 12.0. The maximum atomic E-state index is 12.4. The van der Waals surface area contributed by atoms with E-state index in [9.17, 15) is 14.4 Å². The lowest BCUT2D eigenvalue weighted by molar-refractivity contribution is -0.152. The van der Waals surface area contributed by atoms with Crippen molar-refractivity contribution >= 4 is 17.7 Å². The van der Waals surface area contributed by atoms with Gasteiger partial charge in [0.2, 0.25) is 17.7 Å². The molecule has 21 heavy (non-hydrogen) atoms. The summed E-state index contributed by atoms with van der Waals surface area (Å²) >= 11 is 0. The molecule has 2 aliphatic carbocycles. The molecule has 4 aliphatic rings. The Morgan fingerprint density at radius 1 is 1.05 bits per heavy atom. The third kappa shape index (κ3) is 2.10. The largest absolute Gasteiger partial charge is 0.338 e. The normalized spacial score (nSPS) is 32.4. The van der Waals surface area contributed by atoms with Gasteiger partial charge in [0.1, 0.15) is 0 Å². The number of carbonyl (C=O) groups excluding carboxylic acids is 3. The zero-order chi connectivity index (χ0) is 14.6. The minimum atomic E-state index is -0.154. The van der Waals surface area contributed by atoms with Crippen LogP contribution in [0.2, 0.25) is 0 Å². The molecule has 112 valence electrons. The second-order valence-corrected chi connectivity index (χ2v) is 6.80. The Balaban J connectivity index is 1.38. The molecule has 3 amide bonds. The van der Waals surface area contributed by atoms with Crippen LogP contribution >= 0.6 is 0 Å². The summed E-state index contributed by atoms with van der Waals surface area (Å²) in [6.45, 7) is 1.08. The number of nitrogens with zero attached hydrogens (tertiary/aromatic N) is 2. The van der Waals surface area contributed by atoms with E-state index in [1.165, 1.54) is 17.7 Å². The van der Waals surface area contributed by atoms with Crippen LogP contribution in [-0.2, 0) is 14.4 Å². The lowest BCUT2D eigenvalue weighted by atomic mass is 9.85. The summed E-state index contributed by atoms with van der Waals surface area (Å²) in [5.74, 6) is 0.423. The predicted molar refractivity (Wildman–Crippen MR) is 74.9 cm³/mol. The van der Waals surface area contributed by atoms with Crippen molar-refractivity contribution in [3.63, 3.8) is 0 Å². The maximum absolute atomic E-state index is 12.4. The number of fused-ring (bicyclic) bond motifs is 1. The summed E-state index contributed by atoms with van der Waals surface area (Å²) in [6.07, 6.45) is 8.35. The lowest BCUT2D eigenvalue weighted by Gasteiger charge is -2.43. The number of hydrogen-bond acceptors (Lipinski definition) is 3. The Bertz CT molecular complexity index is 506. The average Bonchev–Trinajstić information content (AvgIpc) is 3.20. The molecule has 0 aromatic rings. The lowest BCUT2D eigenvalue weighted by Crippen LogP contribution is -2.62. The fourth-order valence-electron chi connectivity index (χ4n) is 3.71. The number of likely N-dealkylation sites (tertiary alicyclic amines) is 2. The van der Waals surface area contributed by atoms with E-state index in [0.717, 1.165) is 0 Å². The molecular weight excluding hydrogens is 268 g/mol. The minimum absolute atomic E-state index is 0.0198. The van der Waals surface area contributed by atoms with Crippen molar-refractivity contribution in [3.05, 3.63) is 12.2 Å². The molecule has 4 rings (SSSR count). The first kappa shape index (κ1) is 13.0. The van der Waals surface area contributed by atoms with Crippen molar-refractivity contribution in [1.29, 1.82) is 0 Å². The number of amides is 3. The number of hydrogen-bond donors (Lipinski definition) is 0. The van der Waals surface area contributed by atoms with Gasteiger partial charge in [0.25, 0.3) is 0 Å². The van der Waals surface area contributed by atoms with E-state index in [4.69, 9.17) is 0 Å². The first-order chi connectivity index (χ1) is 10.1. The Hall–Kier alpha value is -1.65. The molecule has 0 aromatic carbocycles. The monoisotopic (exact) mass is 288 g/mol. The highest BCUT2D eigenvalue weighted by Crippen LogP contribution is 2.38. The van der Waals surface area contributed by atoms with E-state index >= 15 is 0 Å². The van der Waals surface area contributed by atoms with Gasteiger partial charge < -0.3 is 4.90 Å². The molecule has 2 saturated heterocycles. The Morgan fingerprint density at radius 2 is 1.62 bits per heavy atom. The van der Waals surface area contributed by atoms with Crippen LogP contribution in [-0.4, -0.2) is 46.7 Å². The van der Waals surface area contributed by atoms with Gasteiger partial charge in [0.15, 0.2) is 0 Å². The van der Waals surface area contributed by atoms with Crippen LogP contribution in [0.4, 0.5) is 0 Å². The smallest absolute Gasteiger partial charge is 0.233 e. The van der Waals surface area contributed by atoms with Gasteiger partial charge in [-0.2, -0.15) is 0 Å². The van der Waals surface area contributed by atoms with Crippen molar-refractivity contribution < 1.29 is 14.4 Å². The van der Waals surface area contributed by atoms with E-state index in [-0.39, 0.29) is 35.6 Å². The third-order valence-corrected chi connectivity index (χ3v) is 5.28. The quantitative estimate of drug-likeness (QED) is 0.574. The molecule has 2 heterocycles. The summed E-state index contributed by atoms with van der Waals surface area (Å²) in [6, 6.07) is -0.0845. The van der Waals surface area contributed by atoms with Gasteiger partial charge >= 0.3 is 0 Å². The second-order valence-electron chi connectivity index (χ2n) is 6.80. The first-order valence-corrected chi connectivity index (χ1v) is 7.95. The molecule has 2 unspecified atom stereocenters. The number of rotatable bonds is 3. The van der Waals surface area contributed by atoms with Crippen LogP contribution in [0.5, 0.6) is 0 Å². The molecule has 0 bridgehead atoms.